The van der Waals surface area contributed by atoms with Gasteiger partial charge in [-0.1, -0.05) is 18.2 Å². The molecule has 1 unspecified atom stereocenters. The van der Waals surface area contributed by atoms with Gasteiger partial charge in [-0.15, -0.1) is 11.3 Å². The minimum absolute atomic E-state index is 0.117. The average Bonchev–Trinajstić information content (AvgIpc) is 3.03. The number of thiophene rings is 1. The van der Waals surface area contributed by atoms with Gasteiger partial charge in [0.2, 0.25) is 0 Å². The third-order valence-electron chi connectivity index (χ3n) is 4.48. The van der Waals surface area contributed by atoms with Crippen LogP contribution in [-0.4, -0.2) is 43.5 Å². The van der Waals surface area contributed by atoms with Crippen LogP contribution in [0, 0.1) is 6.92 Å². The Morgan fingerprint density at radius 2 is 2.00 bits per heavy atom. The van der Waals surface area contributed by atoms with Crippen molar-refractivity contribution in [3.8, 4) is 0 Å². The van der Waals surface area contributed by atoms with Crippen LogP contribution >= 0.6 is 11.3 Å². The van der Waals surface area contributed by atoms with Gasteiger partial charge in [-0.3, -0.25) is 9.59 Å². The Morgan fingerprint density at radius 1 is 1.28 bits per heavy atom. The molecule has 2 amide bonds. The highest BCUT2D eigenvalue weighted by atomic mass is 32.1. The minimum atomic E-state index is -1.04. The first kappa shape index (κ1) is 20.5. The van der Waals surface area contributed by atoms with Crippen molar-refractivity contribution in [2.75, 3.05) is 19.0 Å². The molecule has 2 heterocycles. The summed E-state index contributed by atoms with van der Waals surface area (Å²) < 4.78 is 10.3. The lowest BCUT2D eigenvalue weighted by atomic mass is 9.98. The average molecular weight is 416 g/mol. The number of esters is 2. The first-order chi connectivity index (χ1) is 13.9. The van der Waals surface area contributed by atoms with E-state index >= 15 is 0 Å². The second kappa shape index (κ2) is 8.44. The van der Waals surface area contributed by atoms with Crippen LogP contribution in [0.15, 0.2) is 24.3 Å². The summed E-state index contributed by atoms with van der Waals surface area (Å²) >= 11 is 0.966. The maximum absolute atomic E-state index is 12.8. The molecule has 152 valence electrons. The molecule has 1 aromatic heterocycles. The van der Waals surface area contributed by atoms with Crippen molar-refractivity contribution < 1.29 is 28.7 Å². The van der Waals surface area contributed by atoms with Crippen molar-refractivity contribution in [1.82, 2.24) is 5.32 Å². The second-order valence-electron chi connectivity index (χ2n) is 6.30. The summed E-state index contributed by atoms with van der Waals surface area (Å²) in [6, 6.07) is 6.91. The molecule has 0 fully saturated rings. The molecule has 8 nitrogen and oxygen atoms in total. The molecule has 0 bridgehead atoms. The number of anilines is 1. The number of fused-ring (bicyclic) bond motifs is 1. The monoisotopic (exact) mass is 416 g/mol. The van der Waals surface area contributed by atoms with Crippen LogP contribution in [0.1, 0.15) is 48.4 Å². The molecule has 29 heavy (non-hydrogen) atoms. The van der Waals surface area contributed by atoms with E-state index < -0.39 is 23.9 Å². The number of ether oxygens (including phenoxy) is 2. The van der Waals surface area contributed by atoms with E-state index in [1.165, 1.54) is 7.05 Å². The number of carbonyl (C=O) groups is 4. The van der Waals surface area contributed by atoms with Crippen LogP contribution in [0.4, 0.5) is 5.00 Å². The van der Waals surface area contributed by atoms with Gasteiger partial charge in [-0.2, -0.15) is 0 Å². The topological polar surface area (TPSA) is 111 Å². The van der Waals surface area contributed by atoms with Crippen molar-refractivity contribution >= 4 is 40.1 Å². The van der Waals surface area contributed by atoms with Crippen molar-refractivity contribution in [3.05, 3.63) is 51.4 Å². The van der Waals surface area contributed by atoms with Crippen molar-refractivity contribution in [2.24, 2.45) is 0 Å². The number of cyclic esters (lactones) is 1. The van der Waals surface area contributed by atoms with Gasteiger partial charge in [0.05, 0.1) is 22.6 Å². The quantitative estimate of drug-likeness (QED) is 0.724. The van der Waals surface area contributed by atoms with Crippen LogP contribution in [0.2, 0.25) is 0 Å². The number of rotatable bonds is 5. The SMILES string of the molecule is CCOC(=O)c1c(NC(=O)C2Cc3ccccc3C(=O)O2)sc(C(=O)NC)c1C. The lowest BCUT2D eigenvalue weighted by molar-refractivity contribution is -0.125. The van der Waals surface area contributed by atoms with Crippen LogP contribution < -0.4 is 10.6 Å². The Morgan fingerprint density at radius 3 is 2.69 bits per heavy atom. The summed E-state index contributed by atoms with van der Waals surface area (Å²) in [6.07, 6.45) is -0.826. The third-order valence-corrected chi connectivity index (χ3v) is 5.69. The highest BCUT2D eigenvalue weighted by Crippen LogP contribution is 2.34. The van der Waals surface area contributed by atoms with Gasteiger partial charge >= 0.3 is 11.9 Å². The van der Waals surface area contributed by atoms with E-state index in [0.717, 1.165) is 11.3 Å². The summed E-state index contributed by atoms with van der Waals surface area (Å²) in [6.45, 7) is 3.42. The molecule has 0 saturated heterocycles. The van der Waals surface area contributed by atoms with Gasteiger partial charge in [0.25, 0.3) is 11.8 Å². The van der Waals surface area contributed by atoms with E-state index in [4.69, 9.17) is 9.47 Å². The van der Waals surface area contributed by atoms with Crippen LogP contribution in [0.3, 0.4) is 0 Å². The summed E-state index contributed by atoms with van der Waals surface area (Å²) in [5.41, 5.74) is 1.67. The van der Waals surface area contributed by atoms with Crippen molar-refractivity contribution in [2.45, 2.75) is 26.4 Å². The van der Waals surface area contributed by atoms with Gasteiger partial charge in [0.1, 0.15) is 5.00 Å². The summed E-state index contributed by atoms with van der Waals surface area (Å²) in [5, 5.41) is 5.32. The molecule has 1 aliphatic rings. The van der Waals surface area contributed by atoms with E-state index in [1.807, 2.05) is 0 Å². The normalized spacial score (nSPS) is 15.1. The second-order valence-corrected chi connectivity index (χ2v) is 7.32. The predicted molar refractivity (Wildman–Crippen MR) is 106 cm³/mol. The van der Waals surface area contributed by atoms with Gasteiger partial charge in [0.15, 0.2) is 6.10 Å². The van der Waals surface area contributed by atoms with Gasteiger partial charge < -0.3 is 20.1 Å². The molecule has 0 radical (unpaired) electrons. The van der Waals surface area contributed by atoms with Crippen LogP contribution in [-0.2, 0) is 20.7 Å². The molecular formula is C20H20N2O6S. The van der Waals surface area contributed by atoms with Crippen LogP contribution in [0.5, 0.6) is 0 Å². The first-order valence-electron chi connectivity index (χ1n) is 8.99. The number of hydrogen-bond acceptors (Lipinski definition) is 7. The van der Waals surface area contributed by atoms with Gasteiger partial charge in [-0.05, 0) is 31.0 Å². The van der Waals surface area contributed by atoms with Gasteiger partial charge in [0, 0.05) is 13.5 Å². The summed E-state index contributed by atoms with van der Waals surface area (Å²) in [4.78, 5) is 49.8. The zero-order chi connectivity index (χ0) is 21.1. The fraction of sp³-hybridized carbons (Fsp3) is 0.300. The maximum atomic E-state index is 12.8. The number of carbonyl (C=O) groups excluding carboxylic acids is 4. The fourth-order valence-electron chi connectivity index (χ4n) is 3.05. The molecule has 1 atom stereocenters. The molecule has 0 spiro atoms. The van der Waals surface area contributed by atoms with E-state index in [9.17, 15) is 19.2 Å². The van der Waals surface area contributed by atoms with Crippen LogP contribution in [0.25, 0.3) is 0 Å². The summed E-state index contributed by atoms with van der Waals surface area (Å²) in [5.74, 6) is -2.18. The van der Waals surface area contributed by atoms with Gasteiger partial charge in [-0.25, -0.2) is 9.59 Å². The third kappa shape index (κ3) is 4.00. The molecule has 1 aliphatic heterocycles. The lowest BCUT2D eigenvalue weighted by Crippen LogP contribution is -2.38. The maximum Gasteiger partial charge on any atom is 0.341 e. The Hall–Kier alpha value is -3.20. The molecular weight excluding hydrogens is 396 g/mol. The van der Waals surface area contributed by atoms with Crippen molar-refractivity contribution in [3.63, 3.8) is 0 Å². The molecule has 0 saturated carbocycles. The van der Waals surface area contributed by atoms with E-state index in [0.29, 0.717) is 16.7 Å². The molecule has 3 rings (SSSR count). The first-order valence-corrected chi connectivity index (χ1v) is 9.81. The molecule has 0 aliphatic carbocycles. The zero-order valence-electron chi connectivity index (χ0n) is 16.2. The Balaban J connectivity index is 1.89. The zero-order valence-corrected chi connectivity index (χ0v) is 17.0. The van der Waals surface area contributed by atoms with E-state index in [-0.39, 0.29) is 34.4 Å². The van der Waals surface area contributed by atoms with E-state index in [2.05, 4.69) is 10.6 Å². The molecule has 1 aromatic carbocycles. The molecule has 9 heteroatoms. The highest BCUT2D eigenvalue weighted by Gasteiger charge is 2.33. The predicted octanol–water partition coefficient (Wildman–Crippen LogP) is 2.31. The number of nitrogens with one attached hydrogen (secondary N) is 2. The Bertz CT molecular complexity index is 997. The molecule has 2 aromatic rings. The Labute approximate surface area is 171 Å². The number of hydrogen-bond donors (Lipinski definition) is 2. The number of benzene rings is 1. The lowest BCUT2D eigenvalue weighted by Gasteiger charge is -2.23. The highest BCUT2D eigenvalue weighted by molar-refractivity contribution is 7.18. The van der Waals surface area contributed by atoms with E-state index in [1.54, 1.807) is 38.1 Å². The Kier molecular flexibility index (Phi) is 5.97. The standard InChI is InChI=1S/C20H20N2O6S/c1-4-27-20(26)14-10(2)15(17(24)21-3)29-18(14)22-16(23)13-9-11-7-5-6-8-12(11)19(25)28-13/h5-8,13H,4,9H2,1-3H3,(H,21,24)(H,22,23). The molecule has 2 N–H and O–H groups in total. The summed E-state index contributed by atoms with van der Waals surface area (Å²) in [7, 11) is 1.47. The smallest absolute Gasteiger partial charge is 0.341 e. The minimum Gasteiger partial charge on any atom is -0.462 e. The van der Waals surface area contributed by atoms with Crippen molar-refractivity contribution in [1.29, 1.82) is 0 Å². The fourth-order valence-corrected chi connectivity index (χ4v) is 4.20. The number of amides is 2. The largest absolute Gasteiger partial charge is 0.462 e.